The summed E-state index contributed by atoms with van der Waals surface area (Å²) in [5.41, 5.74) is 0.814. The average molecular weight is 230 g/mol. The SMILES string of the molecule is COc1ccc([C@H](C)C(=O)O)c2ccccc12. The quantitative estimate of drug-likeness (QED) is 0.881. The third-order valence-corrected chi connectivity index (χ3v) is 2.97. The van der Waals surface area contributed by atoms with Gasteiger partial charge in [-0.15, -0.1) is 0 Å². The van der Waals surface area contributed by atoms with Crippen molar-refractivity contribution in [3.63, 3.8) is 0 Å². The molecule has 0 saturated heterocycles. The van der Waals surface area contributed by atoms with Crippen molar-refractivity contribution in [2.45, 2.75) is 12.8 Å². The van der Waals surface area contributed by atoms with Crippen molar-refractivity contribution in [1.29, 1.82) is 0 Å². The van der Waals surface area contributed by atoms with Crippen molar-refractivity contribution in [2.24, 2.45) is 0 Å². The normalized spacial score (nSPS) is 12.4. The summed E-state index contributed by atoms with van der Waals surface area (Å²) in [6, 6.07) is 11.3. The highest BCUT2D eigenvalue weighted by Crippen LogP contribution is 2.32. The Morgan fingerprint density at radius 1 is 1.18 bits per heavy atom. The molecule has 0 aliphatic carbocycles. The molecule has 0 aliphatic rings. The van der Waals surface area contributed by atoms with E-state index in [2.05, 4.69) is 0 Å². The van der Waals surface area contributed by atoms with Crippen molar-refractivity contribution in [2.75, 3.05) is 7.11 Å². The Labute approximate surface area is 99.6 Å². The lowest BCUT2D eigenvalue weighted by Gasteiger charge is -2.13. The number of benzene rings is 2. The van der Waals surface area contributed by atoms with Crippen molar-refractivity contribution in [1.82, 2.24) is 0 Å². The Balaban J connectivity index is 2.70. The van der Waals surface area contributed by atoms with Gasteiger partial charge in [-0.3, -0.25) is 4.79 Å². The van der Waals surface area contributed by atoms with Crippen molar-refractivity contribution in [3.05, 3.63) is 42.0 Å². The van der Waals surface area contributed by atoms with Crippen molar-refractivity contribution < 1.29 is 14.6 Å². The van der Waals surface area contributed by atoms with Crippen LogP contribution in [0.1, 0.15) is 18.4 Å². The van der Waals surface area contributed by atoms with E-state index in [0.717, 1.165) is 22.1 Å². The van der Waals surface area contributed by atoms with Gasteiger partial charge in [0, 0.05) is 5.39 Å². The van der Waals surface area contributed by atoms with Crippen LogP contribution in [-0.4, -0.2) is 18.2 Å². The molecule has 0 aliphatic heterocycles. The van der Waals surface area contributed by atoms with E-state index >= 15 is 0 Å². The number of rotatable bonds is 3. The third-order valence-electron chi connectivity index (χ3n) is 2.97. The fourth-order valence-electron chi connectivity index (χ4n) is 1.98. The molecule has 0 spiro atoms. The lowest BCUT2D eigenvalue weighted by molar-refractivity contribution is -0.138. The van der Waals surface area contributed by atoms with Crippen LogP contribution < -0.4 is 4.74 Å². The largest absolute Gasteiger partial charge is 0.496 e. The van der Waals surface area contributed by atoms with Gasteiger partial charge in [0.15, 0.2) is 0 Å². The monoisotopic (exact) mass is 230 g/mol. The minimum absolute atomic E-state index is 0.522. The molecule has 0 fully saturated rings. The van der Waals surface area contributed by atoms with E-state index < -0.39 is 11.9 Å². The number of ether oxygens (including phenoxy) is 1. The Morgan fingerprint density at radius 2 is 1.82 bits per heavy atom. The lowest BCUT2D eigenvalue weighted by atomic mass is 9.94. The average Bonchev–Trinajstić information content (AvgIpc) is 2.36. The molecule has 0 saturated carbocycles. The first kappa shape index (κ1) is 11.5. The van der Waals surface area contributed by atoms with Gasteiger partial charge in [-0.05, 0) is 23.9 Å². The van der Waals surface area contributed by atoms with E-state index in [1.807, 2.05) is 36.4 Å². The van der Waals surface area contributed by atoms with E-state index in [1.165, 1.54) is 0 Å². The summed E-state index contributed by atoms with van der Waals surface area (Å²) in [4.78, 5) is 11.1. The second-order valence-electron chi connectivity index (χ2n) is 3.96. The van der Waals surface area contributed by atoms with Gasteiger partial charge in [0.05, 0.1) is 13.0 Å². The standard InChI is InChI=1S/C14H14O3/c1-9(14(15)16)10-7-8-13(17-2)12-6-4-3-5-11(10)12/h3-9H,1-2H3,(H,15,16)/t9-/m0/s1. The van der Waals surface area contributed by atoms with Gasteiger partial charge in [0.25, 0.3) is 0 Å². The highest BCUT2D eigenvalue weighted by molar-refractivity contribution is 5.94. The molecule has 1 atom stereocenters. The maximum absolute atomic E-state index is 11.1. The van der Waals surface area contributed by atoms with Gasteiger partial charge < -0.3 is 9.84 Å². The van der Waals surface area contributed by atoms with Crippen molar-refractivity contribution in [3.8, 4) is 5.75 Å². The van der Waals surface area contributed by atoms with E-state index in [9.17, 15) is 4.79 Å². The minimum atomic E-state index is -0.819. The predicted molar refractivity (Wildman–Crippen MR) is 66.6 cm³/mol. The lowest BCUT2D eigenvalue weighted by Crippen LogP contribution is -2.08. The second kappa shape index (κ2) is 4.45. The fraction of sp³-hybridized carbons (Fsp3) is 0.214. The Hall–Kier alpha value is -2.03. The number of carbonyl (C=O) groups is 1. The maximum atomic E-state index is 11.1. The number of hydrogen-bond donors (Lipinski definition) is 1. The van der Waals surface area contributed by atoms with Crippen LogP contribution in [0.25, 0.3) is 10.8 Å². The number of aliphatic carboxylic acids is 1. The Bertz CT molecular complexity index is 560. The van der Waals surface area contributed by atoms with Crippen LogP contribution in [0.5, 0.6) is 5.75 Å². The topological polar surface area (TPSA) is 46.5 Å². The predicted octanol–water partition coefficient (Wildman–Crippen LogP) is 3.04. The summed E-state index contributed by atoms with van der Waals surface area (Å²) >= 11 is 0. The van der Waals surface area contributed by atoms with Crippen LogP contribution in [0.15, 0.2) is 36.4 Å². The molecule has 17 heavy (non-hydrogen) atoms. The molecule has 88 valence electrons. The van der Waals surface area contributed by atoms with E-state index in [4.69, 9.17) is 9.84 Å². The first-order chi connectivity index (χ1) is 8.15. The highest BCUT2D eigenvalue weighted by atomic mass is 16.5. The van der Waals surface area contributed by atoms with Crippen LogP contribution in [0.3, 0.4) is 0 Å². The molecule has 0 amide bonds. The van der Waals surface area contributed by atoms with Gasteiger partial charge in [-0.2, -0.15) is 0 Å². The first-order valence-corrected chi connectivity index (χ1v) is 5.43. The zero-order valence-corrected chi connectivity index (χ0v) is 9.81. The summed E-state index contributed by atoms with van der Waals surface area (Å²) in [5.74, 6) is -0.576. The molecule has 2 aromatic carbocycles. The van der Waals surface area contributed by atoms with Crippen LogP contribution in [-0.2, 0) is 4.79 Å². The van der Waals surface area contributed by atoms with Gasteiger partial charge in [-0.1, -0.05) is 30.3 Å². The van der Waals surface area contributed by atoms with Gasteiger partial charge >= 0.3 is 5.97 Å². The Kier molecular flexibility index (Phi) is 3.00. The number of fused-ring (bicyclic) bond motifs is 1. The van der Waals surface area contributed by atoms with E-state index in [-0.39, 0.29) is 0 Å². The molecule has 0 aromatic heterocycles. The van der Waals surface area contributed by atoms with E-state index in [0.29, 0.717) is 0 Å². The Morgan fingerprint density at radius 3 is 2.41 bits per heavy atom. The highest BCUT2D eigenvalue weighted by Gasteiger charge is 2.17. The maximum Gasteiger partial charge on any atom is 0.310 e. The van der Waals surface area contributed by atoms with Crippen LogP contribution in [0.2, 0.25) is 0 Å². The molecule has 0 unspecified atom stereocenters. The van der Waals surface area contributed by atoms with Crippen molar-refractivity contribution >= 4 is 16.7 Å². The van der Waals surface area contributed by atoms with Crippen LogP contribution in [0, 0.1) is 0 Å². The second-order valence-corrected chi connectivity index (χ2v) is 3.96. The summed E-state index contributed by atoms with van der Waals surface area (Å²) in [6.07, 6.45) is 0. The molecule has 2 aromatic rings. The summed E-state index contributed by atoms with van der Waals surface area (Å²) in [5, 5.41) is 11.0. The molecule has 3 nitrogen and oxygen atoms in total. The third kappa shape index (κ3) is 1.96. The number of methoxy groups -OCH3 is 1. The number of carboxylic acid groups (broad SMARTS) is 1. The fourth-order valence-corrected chi connectivity index (χ4v) is 1.98. The van der Waals surface area contributed by atoms with Crippen LogP contribution >= 0.6 is 0 Å². The van der Waals surface area contributed by atoms with Gasteiger partial charge in [0.2, 0.25) is 0 Å². The molecular weight excluding hydrogens is 216 g/mol. The first-order valence-electron chi connectivity index (χ1n) is 5.43. The minimum Gasteiger partial charge on any atom is -0.496 e. The summed E-state index contributed by atoms with van der Waals surface area (Å²) in [6.45, 7) is 1.69. The molecule has 0 heterocycles. The molecule has 1 N–H and O–H groups in total. The smallest absolute Gasteiger partial charge is 0.310 e. The molecule has 0 bridgehead atoms. The number of hydrogen-bond acceptors (Lipinski definition) is 2. The molecule has 2 rings (SSSR count). The summed E-state index contributed by atoms with van der Waals surface area (Å²) < 4.78 is 5.28. The molecule has 0 radical (unpaired) electrons. The van der Waals surface area contributed by atoms with Gasteiger partial charge in [0.1, 0.15) is 5.75 Å². The zero-order valence-electron chi connectivity index (χ0n) is 9.81. The number of carboxylic acids is 1. The van der Waals surface area contributed by atoms with E-state index in [1.54, 1.807) is 14.0 Å². The molecule has 3 heteroatoms. The van der Waals surface area contributed by atoms with Crippen LogP contribution in [0.4, 0.5) is 0 Å². The van der Waals surface area contributed by atoms with Gasteiger partial charge in [-0.25, -0.2) is 0 Å². The zero-order chi connectivity index (χ0) is 12.4. The summed E-state index contributed by atoms with van der Waals surface area (Å²) in [7, 11) is 1.61. The molecular formula is C14H14O3.